The summed E-state index contributed by atoms with van der Waals surface area (Å²) in [6.45, 7) is 5.74. The van der Waals surface area contributed by atoms with Crippen molar-refractivity contribution >= 4 is 23.9 Å². The van der Waals surface area contributed by atoms with Gasteiger partial charge in [-0.1, -0.05) is 201 Å². The lowest BCUT2D eigenvalue weighted by molar-refractivity contribution is -0.301. The van der Waals surface area contributed by atoms with Crippen molar-refractivity contribution in [3.05, 3.63) is 109 Å². The molecule has 0 amide bonds. The van der Waals surface area contributed by atoms with Gasteiger partial charge in [0.2, 0.25) is 0 Å². The lowest BCUT2D eigenvalue weighted by Gasteiger charge is -2.40. The smallest absolute Gasteiger partial charge is 0.335 e. The molecular formula is C65H104O12. The van der Waals surface area contributed by atoms with Crippen molar-refractivity contribution in [3.63, 3.8) is 0 Å². The number of aliphatic hydroxyl groups excluding tert-OH is 2. The lowest BCUT2D eigenvalue weighted by Crippen LogP contribution is -2.61. The van der Waals surface area contributed by atoms with Crippen LogP contribution < -0.4 is 0 Å². The zero-order valence-electron chi connectivity index (χ0n) is 47.9. The number of esters is 3. The number of carbonyl (C=O) groups is 4. The predicted molar refractivity (Wildman–Crippen MR) is 312 cm³/mol. The van der Waals surface area contributed by atoms with Crippen molar-refractivity contribution in [1.82, 2.24) is 0 Å². The minimum absolute atomic E-state index is 0.0367. The van der Waals surface area contributed by atoms with Gasteiger partial charge < -0.3 is 39.0 Å². The Kier molecular flexibility index (Phi) is 47.6. The molecule has 1 aliphatic heterocycles. The molecule has 0 aromatic heterocycles. The summed E-state index contributed by atoms with van der Waals surface area (Å²) in [6.07, 6.45) is 57.8. The number of rotatable bonds is 49. The Morgan fingerprint density at radius 1 is 0.442 bits per heavy atom. The molecule has 0 aromatic rings. The van der Waals surface area contributed by atoms with Gasteiger partial charge >= 0.3 is 23.9 Å². The second-order valence-corrected chi connectivity index (χ2v) is 19.9. The van der Waals surface area contributed by atoms with Crippen LogP contribution in [0.1, 0.15) is 226 Å². The summed E-state index contributed by atoms with van der Waals surface area (Å²) in [5, 5.41) is 31.5. The van der Waals surface area contributed by atoms with Gasteiger partial charge in [-0.15, -0.1) is 0 Å². The van der Waals surface area contributed by atoms with Crippen LogP contribution in [-0.2, 0) is 42.9 Å². The largest absolute Gasteiger partial charge is 0.479 e. The van der Waals surface area contributed by atoms with Crippen molar-refractivity contribution in [2.24, 2.45) is 0 Å². The molecule has 0 aliphatic carbocycles. The van der Waals surface area contributed by atoms with Crippen LogP contribution in [0.5, 0.6) is 0 Å². The Bertz CT molecular complexity index is 1750. The second kappa shape index (κ2) is 52.1. The van der Waals surface area contributed by atoms with E-state index in [1.54, 1.807) is 0 Å². The number of ether oxygens (including phenoxy) is 5. The summed E-state index contributed by atoms with van der Waals surface area (Å²) in [7, 11) is 0. The van der Waals surface area contributed by atoms with Crippen molar-refractivity contribution in [2.45, 2.75) is 263 Å². The summed E-state index contributed by atoms with van der Waals surface area (Å²) in [5.74, 6) is -3.27. The van der Waals surface area contributed by atoms with Gasteiger partial charge in [-0.3, -0.25) is 14.4 Å². The summed E-state index contributed by atoms with van der Waals surface area (Å²) in [6, 6.07) is 0. The van der Waals surface area contributed by atoms with Gasteiger partial charge in [0.05, 0.1) is 6.61 Å². The van der Waals surface area contributed by atoms with E-state index in [0.29, 0.717) is 19.3 Å². The molecule has 1 heterocycles. The highest BCUT2D eigenvalue weighted by Crippen LogP contribution is 2.26. The van der Waals surface area contributed by atoms with Crippen LogP contribution in [0.15, 0.2) is 109 Å². The van der Waals surface area contributed by atoms with Gasteiger partial charge in [0, 0.05) is 19.3 Å². The van der Waals surface area contributed by atoms with Crippen molar-refractivity contribution in [1.29, 1.82) is 0 Å². The van der Waals surface area contributed by atoms with Crippen LogP contribution in [0, 0.1) is 0 Å². The number of allylic oxidation sites excluding steroid dienone is 18. The van der Waals surface area contributed by atoms with E-state index in [4.69, 9.17) is 23.7 Å². The minimum atomic E-state index is -1.92. The summed E-state index contributed by atoms with van der Waals surface area (Å²) >= 11 is 0. The van der Waals surface area contributed by atoms with Gasteiger partial charge in [0.1, 0.15) is 18.8 Å². The average molecular weight is 1080 g/mol. The monoisotopic (exact) mass is 1080 g/mol. The molecule has 6 atom stereocenters. The molecule has 0 aromatic carbocycles. The molecule has 12 heteroatoms. The molecule has 0 bridgehead atoms. The first-order valence-electron chi connectivity index (χ1n) is 29.9. The van der Waals surface area contributed by atoms with E-state index in [1.165, 1.54) is 44.9 Å². The van der Waals surface area contributed by atoms with Gasteiger partial charge in [-0.2, -0.15) is 0 Å². The molecule has 1 aliphatic rings. The number of aliphatic carboxylic acids is 1. The predicted octanol–water partition coefficient (Wildman–Crippen LogP) is 15.4. The van der Waals surface area contributed by atoms with Crippen molar-refractivity contribution < 1.29 is 58.2 Å². The maximum atomic E-state index is 13.1. The van der Waals surface area contributed by atoms with E-state index in [9.17, 15) is 34.5 Å². The highest BCUT2D eigenvalue weighted by Gasteiger charge is 2.50. The standard InChI is InChI=1S/C65H104O12/c1-4-7-10-13-16-19-22-25-27-28-29-30-32-34-36-39-42-45-48-51-57(66)73-54-56(75-58(67)52-49-46-43-40-38-35-31-26-23-20-17-14-11-8-5-2)55-74-65-63(61(70)60(69)62(77-65)64(71)72)76-59(68)53-50-47-44-41-37-33-24-21-18-15-12-9-6-3/h7,10,16-17,19-21,24-27,29-31,34,36,42,45,56,60-63,65,69-70H,4-6,8-9,11-15,18,22-23,28,32-33,35,37-41,43-44,46-55H2,1-3H3,(H,71,72)/b10-7-,19-16-,20-17-,24-21-,27-25-,30-29-,31-26-,36-34-,45-42-. The third kappa shape index (κ3) is 42.1. The number of unbranched alkanes of at least 4 members (excludes halogenated alkanes) is 17. The van der Waals surface area contributed by atoms with E-state index in [1.807, 2.05) is 12.2 Å². The number of carboxylic acid groups (broad SMARTS) is 1. The third-order valence-corrected chi connectivity index (χ3v) is 12.8. The molecule has 0 spiro atoms. The molecule has 436 valence electrons. The molecule has 1 fully saturated rings. The number of carbonyl (C=O) groups excluding carboxylic acids is 3. The van der Waals surface area contributed by atoms with E-state index in [2.05, 4.69) is 118 Å². The summed E-state index contributed by atoms with van der Waals surface area (Å²) < 4.78 is 28.3. The fourth-order valence-corrected chi connectivity index (χ4v) is 8.24. The van der Waals surface area contributed by atoms with Crippen LogP contribution in [0.25, 0.3) is 0 Å². The quantitative estimate of drug-likeness (QED) is 0.0228. The number of hydrogen-bond acceptors (Lipinski definition) is 11. The summed E-state index contributed by atoms with van der Waals surface area (Å²) in [5.41, 5.74) is 0. The molecule has 0 saturated carbocycles. The van der Waals surface area contributed by atoms with Gasteiger partial charge in [-0.05, 0) is 116 Å². The number of hydrogen-bond donors (Lipinski definition) is 3. The van der Waals surface area contributed by atoms with Crippen LogP contribution in [-0.4, -0.2) is 89.2 Å². The lowest BCUT2D eigenvalue weighted by atomic mass is 9.98. The van der Waals surface area contributed by atoms with Gasteiger partial charge in [0.25, 0.3) is 0 Å². The SMILES string of the molecule is CC/C=C\C/C=C\C/C=C\C/C=C\C/C=C\C/C=C\CCC(=O)OCC(COC1OC(C(=O)O)C(O)C(O)C1OC(=O)CCCCCCC/C=C\CCCCCC)OC(=O)CCCCCCC/C=C\C/C=C\CCCCC. The highest BCUT2D eigenvalue weighted by molar-refractivity contribution is 5.74. The Balaban J connectivity index is 2.76. The topological polar surface area (TPSA) is 175 Å². The van der Waals surface area contributed by atoms with Crippen LogP contribution in [0.4, 0.5) is 0 Å². The Morgan fingerprint density at radius 2 is 0.844 bits per heavy atom. The number of aliphatic hydroxyl groups is 2. The van der Waals surface area contributed by atoms with Crippen molar-refractivity contribution in [2.75, 3.05) is 13.2 Å². The molecule has 0 radical (unpaired) electrons. The van der Waals surface area contributed by atoms with Gasteiger partial charge in [-0.25, -0.2) is 4.79 Å². The maximum absolute atomic E-state index is 13.1. The Hall–Kier alpha value is -4.62. The van der Waals surface area contributed by atoms with E-state index in [-0.39, 0.29) is 25.9 Å². The molecule has 77 heavy (non-hydrogen) atoms. The first-order valence-corrected chi connectivity index (χ1v) is 29.9. The zero-order chi connectivity index (χ0) is 56.1. The fourth-order valence-electron chi connectivity index (χ4n) is 8.24. The molecule has 6 unspecified atom stereocenters. The van der Waals surface area contributed by atoms with E-state index in [0.717, 1.165) is 122 Å². The van der Waals surface area contributed by atoms with Crippen molar-refractivity contribution in [3.8, 4) is 0 Å². The average Bonchev–Trinajstić information content (AvgIpc) is 3.42. The van der Waals surface area contributed by atoms with Crippen LogP contribution >= 0.6 is 0 Å². The van der Waals surface area contributed by atoms with E-state index < -0.39 is 67.3 Å². The fraction of sp³-hybridized carbons (Fsp3) is 0.662. The van der Waals surface area contributed by atoms with Gasteiger partial charge in [0.15, 0.2) is 24.6 Å². The first-order chi connectivity index (χ1) is 37.6. The Morgan fingerprint density at radius 3 is 1.34 bits per heavy atom. The molecule has 1 rings (SSSR count). The molecule has 12 nitrogen and oxygen atoms in total. The normalized spacial score (nSPS) is 18.8. The molecule has 3 N–H and O–H groups in total. The molecular weight excluding hydrogens is 973 g/mol. The third-order valence-electron chi connectivity index (χ3n) is 12.8. The molecule has 1 saturated heterocycles. The van der Waals surface area contributed by atoms with Crippen LogP contribution in [0.3, 0.4) is 0 Å². The minimum Gasteiger partial charge on any atom is -0.479 e. The van der Waals surface area contributed by atoms with E-state index >= 15 is 0 Å². The highest BCUT2D eigenvalue weighted by atomic mass is 16.7. The first kappa shape index (κ1) is 70.4. The maximum Gasteiger partial charge on any atom is 0.335 e. The zero-order valence-corrected chi connectivity index (χ0v) is 47.9. The summed E-state index contributed by atoms with van der Waals surface area (Å²) in [4.78, 5) is 51.1. The van der Waals surface area contributed by atoms with Crippen LogP contribution in [0.2, 0.25) is 0 Å². The number of carboxylic acids is 1. The Labute approximate surface area is 465 Å². The second-order valence-electron chi connectivity index (χ2n) is 19.9.